The van der Waals surface area contributed by atoms with Gasteiger partial charge in [-0.3, -0.25) is 9.79 Å². The van der Waals surface area contributed by atoms with E-state index < -0.39 is 0 Å². The second-order valence-electron chi connectivity index (χ2n) is 7.06. The number of rotatable bonds is 7. The maximum absolute atomic E-state index is 12.5. The Morgan fingerprint density at radius 1 is 1.00 bits per heavy atom. The van der Waals surface area contributed by atoms with Gasteiger partial charge >= 0.3 is 0 Å². The number of ether oxygens (including phenoxy) is 1. The highest BCUT2D eigenvalue weighted by molar-refractivity contribution is 5.94. The van der Waals surface area contributed by atoms with Crippen molar-refractivity contribution in [2.75, 3.05) is 33.3 Å². The molecule has 0 atom stereocenters. The van der Waals surface area contributed by atoms with Gasteiger partial charge in [0.05, 0.1) is 6.54 Å². The summed E-state index contributed by atoms with van der Waals surface area (Å²) in [6.45, 7) is 3.59. The molecule has 0 aromatic heterocycles. The van der Waals surface area contributed by atoms with Gasteiger partial charge in [-0.05, 0) is 49.1 Å². The Labute approximate surface area is 173 Å². The molecule has 0 bridgehead atoms. The van der Waals surface area contributed by atoms with Gasteiger partial charge in [0, 0.05) is 32.2 Å². The zero-order valence-electron chi connectivity index (χ0n) is 17.1. The number of carbonyl (C=O) groups excluding carboxylic acids is 1. The van der Waals surface area contributed by atoms with Crippen LogP contribution in [0.5, 0.6) is 5.75 Å². The molecule has 0 radical (unpaired) electrons. The highest BCUT2D eigenvalue weighted by Gasteiger charge is 2.17. The zero-order chi connectivity index (χ0) is 20.3. The molecule has 0 aliphatic carbocycles. The number of carbonyl (C=O) groups is 1. The number of guanidine groups is 1. The summed E-state index contributed by atoms with van der Waals surface area (Å²) in [6.07, 6.45) is 3.44. The van der Waals surface area contributed by atoms with E-state index in [1.807, 2.05) is 59.5 Å². The Morgan fingerprint density at radius 3 is 2.41 bits per heavy atom. The van der Waals surface area contributed by atoms with E-state index in [1.165, 1.54) is 6.42 Å². The third kappa shape index (κ3) is 6.52. The van der Waals surface area contributed by atoms with Crippen LogP contribution < -0.4 is 15.4 Å². The summed E-state index contributed by atoms with van der Waals surface area (Å²) < 4.78 is 5.67. The van der Waals surface area contributed by atoms with Gasteiger partial charge in [-0.15, -0.1) is 0 Å². The number of para-hydroxylation sites is 1. The second kappa shape index (κ2) is 11.1. The molecule has 1 aliphatic heterocycles. The quantitative estimate of drug-likeness (QED) is 0.430. The van der Waals surface area contributed by atoms with Crippen molar-refractivity contribution in [2.24, 2.45) is 4.99 Å². The predicted molar refractivity (Wildman–Crippen MR) is 116 cm³/mol. The van der Waals surface area contributed by atoms with E-state index in [0.717, 1.165) is 48.8 Å². The van der Waals surface area contributed by atoms with E-state index in [-0.39, 0.29) is 5.91 Å². The summed E-state index contributed by atoms with van der Waals surface area (Å²) in [4.78, 5) is 18.7. The average Bonchev–Trinajstić information content (AvgIpc) is 2.80. The fraction of sp³-hybridized carbons (Fsp3) is 0.391. The minimum Gasteiger partial charge on any atom is -0.492 e. The van der Waals surface area contributed by atoms with Crippen LogP contribution in [0.4, 0.5) is 0 Å². The number of likely N-dealkylation sites (tertiary alicyclic amines) is 1. The van der Waals surface area contributed by atoms with E-state index in [2.05, 4.69) is 15.6 Å². The van der Waals surface area contributed by atoms with Crippen LogP contribution in [0.25, 0.3) is 0 Å². The van der Waals surface area contributed by atoms with Gasteiger partial charge in [0.1, 0.15) is 12.4 Å². The van der Waals surface area contributed by atoms with Crippen LogP contribution in [-0.2, 0) is 6.54 Å². The minimum absolute atomic E-state index is 0.139. The minimum atomic E-state index is 0.139. The van der Waals surface area contributed by atoms with Gasteiger partial charge in [0.2, 0.25) is 0 Å². The normalized spacial score (nSPS) is 14.4. The molecule has 2 aromatic carbocycles. The van der Waals surface area contributed by atoms with Gasteiger partial charge in [0.15, 0.2) is 5.96 Å². The predicted octanol–water partition coefficient (Wildman–Crippen LogP) is 3.06. The largest absolute Gasteiger partial charge is 0.492 e. The van der Waals surface area contributed by atoms with Crippen LogP contribution >= 0.6 is 0 Å². The SMILES string of the molecule is CN=C(NCCOc1ccccc1)NCc1ccc(C(=O)N2CCCCC2)cc1. The molecule has 1 heterocycles. The molecule has 0 saturated carbocycles. The van der Waals surface area contributed by atoms with E-state index in [9.17, 15) is 4.79 Å². The van der Waals surface area contributed by atoms with Crippen molar-refractivity contribution < 1.29 is 9.53 Å². The molecule has 1 aliphatic rings. The summed E-state index contributed by atoms with van der Waals surface area (Å²) >= 11 is 0. The Bertz CT molecular complexity index is 784. The average molecular weight is 395 g/mol. The van der Waals surface area contributed by atoms with Crippen LogP contribution in [0.1, 0.15) is 35.2 Å². The fourth-order valence-electron chi connectivity index (χ4n) is 3.31. The molecule has 1 amide bonds. The lowest BCUT2D eigenvalue weighted by Gasteiger charge is -2.26. The van der Waals surface area contributed by atoms with E-state index in [4.69, 9.17) is 4.74 Å². The van der Waals surface area contributed by atoms with E-state index in [0.29, 0.717) is 19.7 Å². The molecule has 2 N–H and O–H groups in total. The smallest absolute Gasteiger partial charge is 0.253 e. The molecular weight excluding hydrogens is 364 g/mol. The first kappa shape index (κ1) is 20.7. The van der Waals surface area contributed by atoms with Crippen LogP contribution in [0.2, 0.25) is 0 Å². The molecule has 6 nitrogen and oxygen atoms in total. The molecule has 6 heteroatoms. The van der Waals surface area contributed by atoms with Crippen LogP contribution in [0.3, 0.4) is 0 Å². The van der Waals surface area contributed by atoms with Gasteiger partial charge in [-0.25, -0.2) is 0 Å². The topological polar surface area (TPSA) is 66.0 Å². The van der Waals surface area contributed by atoms with Gasteiger partial charge in [-0.2, -0.15) is 0 Å². The first-order chi connectivity index (χ1) is 14.3. The second-order valence-corrected chi connectivity index (χ2v) is 7.06. The van der Waals surface area contributed by atoms with Crippen molar-refractivity contribution >= 4 is 11.9 Å². The van der Waals surface area contributed by atoms with Crippen LogP contribution in [0, 0.1) is 0 Å². The number of aliphatic imine (C=N–C) groups is 1. The highest BCUT2D eigenvalue weighted by atomic mass is 16.5. The maximum atomic E-state index is 12.5. The summed E-state index contributed by atoms with van der Waals surface area (Å²) in [7, 11) is 1.74. The number of hydrogen-bond acceptors (Lipinski definition) is 3. The van der Waals surface area contributed by atoms with Crippen molar-refractivity contribution in [1.82, 2.24) is 15.5 Å². The van der Waals surface area contributed by atoms with Crippen molar-refractivity contribution in [3.05, 3.63) is 65.7 Å². The van der Waals surface area contributed by atoms with Crippen LogP contribution in [0.15, 0.2) is 59.6 Å². The number of nitrogens with one attached hydrogen (secondary N) is 2. The van der Waals surface area contributed by atoms with Gasteiger partial charge in [-0.1, -0.05) is 30.3 Å². The zero-order valence-corrected chi connectivity index (χ0v) is 17.1. The summed E-state index contributed by atoms with van der Waals surface area (Å²) in [5.41, 5.74) is 1.86. The molecule has 1 fully saturated rings. The number of piperidine rings is 1. The monoisotopic (exact) mass is 394 g/mol. The Kier molecular flexibility index (Phi) is 7.92. The van der Waals surface area contributed by atoms with E-state index >= 15 is 0 Å². The Morgan fingerprint density at radius 2 is 1.72 bits per heavy atom. The Hall–Kier alpha value is -3.02. The number of hydrogen-bond donors (Lipinski definition) is 2. The summed E-state index contributed by atoms with van der Waals surface area (Å²) in [5, 5.41) is 6.52. The molecule has 154 valence electrons. The van der Waals surface area contributed by atoms with Gasteiger partial charge in [0.25, 0.3) is 5.91 Å². The molecule has 0 spiro atoms. The molecule has 1 saturated heterocycles. The van der Waals surface area contributed by atoms with Crippen molar-refractivity contribution in [3.8, 4) is 5.75 Å². The van der Waals surface area contributed by atoms with Crippen molar-refractivity contribution in [1.29, 1.82) is 0 Å². The summed E-state index contributed by atoms with van der Waals surface area (Å²) in [6, 6.07) is 17.6. The lowest BCUT2D eigenvalue weighted by Crippen LogP contribution is -2.38. The molecule has 2 aromatic rings. The third-order valence-electron chi connectivity index (χ3n) is 4.93. The lowest BCUT2D eigenvalue weighted by molar-refractivity contribution is 0.0724. The number of amides is 1. The molecule has 0 unspecified atom stereocenters. The molecule has 29 heavy (non-hydrogen) atoms. The van der Waals surface area contributed by atoms with Crippen LogP contribution in [-0.4, -0.2) is 50.1 Å². The Balaban J connectivity index is 1.40. The number of nitrogens with zero attached hydrogens (tertiary/aromatic N) is 2. The third-order valence-corrected chi connectivity index (χ3v) is 4.93. The molecular formula is C23H30N4O2. The van der Waals surface area contributed by atoms with Gasteiger partial charge < -0.3 is 20.3 Å². The first-order valence-electron chi connectivity index (χ1n) is 10.3. The fourth-order valence-corrected chi connectivity index (χ4v) is 3.31. The number of benzene rings is 2. The van der Waals surface area contributed by atoms with Crippen molar-refractivity contribution in [2.45, 2.75) is 25.8 Å². The lowest BCUT2D eigenvalue weighted by atomic mass is 10.1. The highest BCUT2D eigenvalue weighted by Crippen LogP contribution is 2.14. The van der Waals surface area contributed by atoms with E-state index in [1.54, 1.807) is 7.05 Å². The first-order valence-corrected chi connectivity index (χ1v) is 10.3. The maximum Gasteiger partial charge on any atom is 0.253 e. The molecule has 3 rings (SSSR count). The summed E-state index contributed by atoms with van der Waals surface area (Å²) in [5.74, 6) is 1.71. The van der Waals surface area contributed by atoms with Crippen molar-refractivity contribution in [3.63, 3.8) is 0 Å². The standard InChI is InChI=1S/C23H30N4O2/c1-24-23(25-14-17-29-21-8-4-2-5-9-21)26-18-19-10-12-20(13-11-19)22(28)27-15-6-3-7-16-27/h2,4-5,8-13H,3,6-7,14-18H2,1H3,(H2,24,25,26).